The summed E-state index contributed by atoms with van der Waals surface area (Å²) in [4.78, 5) is 2.40. The third-order valence-electron chi connectivity index (χ3n) is 12.5. The van der Waals surface area contributed by atoms with Gasteiger partial charge in [-0.2, -0.15) is 0 Å². The number of benzene rings is 9. The molecule has 11 rings (SSSR count). The van der Waals surface area contributed by atoms with Crippen LogP contribution in [0.5, 0.6) is 0 Å². The highest BCUT2D eigenvalue weighted by atomic mass is 79.9. The van der Waals surface area contributed by atoms with Crippen LogP contribution in [0.3, 0.4) is 0 Å². The maximum Gasteiger partial charge on any atom is 0.0541 e. The number of rotatable bonds is 7. The summed E-state index contributed by atoms with van der Waals surface area (Å²) in [5, 5.41) is 2.44. The number of fused-ring (bicyclic) bond motifs is 6. The molecule has 0 radical (unpaired) electrons. The van der Waals surface area contributed by atoms with Crippen molar-refractivity contribution in [3.8, 4) is 50.2 Å². The molecule has 292 valence electrons. The van der Waals surface area contributed by atoms with E-state index in [9.17, 15) is 0 Å². The lowest BCUT2D eigenvalue weighted by Crippen LogP contribution is -2.16. The van der Waals surface area contributed by atoms with E-state index in [-0.39, 0.29) is 5.41 Å². The minimum Gasteiger partial charge on any atom is -0.310 e. The van der Waals surface area contributed by atoms with Gasteiger partial charge in [0.1, 0.15) is 0 Å². The van der Waals surface area contributed by atoms with Gasteiger partial charge in [-0.25, -0.2) is 0 Å². The van der Waals surface area contributed by atoms with E-state index in [4.69, 9.17) is 0 Å². The van der Waals surface area contributed by atoms with Gasteiger partial charge in [0.2, 0.25) is 0 Å². The van der Waals surface area contributed by atoms with Crippen LogP contribution in [0, 0.1) is 0 Å². The quantitative estimate of drug-likeness (QED) is 0.155. The van der Waals surface area contributed by atoms with Crippen molar-refractivity contribution in [3.63, 3.8) is 0 Å². The Bertz CT molecular complexity index is 3250. The van der Waals surface area contributed by atoms with Crippen LogP contribution in [0.25, 0.3) is 72.0 Å². The van der Waals surface area contributed by atoms with Gasteiger partial charge in [-0.3, -0.25) is 0 Å². The summed E-state index contributed by atoms with van der Waals surface area (Å²) < 4.78 is 4.43. The van der Waals surface area contributed by atoms with E-state index >= 15 is 0 Å². The number of anilines is 3. The second-order valence-electron chi connectivity index (χ2n) is 16.5. The van der Waals surface area contributed by atoms with Crippen LogP contribution in [0.4, 0.5) is 17.1 Å². The lowest BCUT2D eigenvalue weighted by atomic mass is 9.82. The molecule has 0 bridgehead atoms. The van der Waals surface area contributed by atoms with Gasteiger partial charge in [-0.05, 0) is 134 Å². The van der Waals surface area contributed by atoms with E-state index in [1.807, 2.05) is 0 Å². The van der Waals surface area contributed by atoms with Crippen molar-refractivity contribution < 1.29 is 0 Å². The van der Waals surface area contributed by atoms with Gasteiger partial charge in [0, 0.05) is 47.9 Å². The zero-order valence-electron chi connectivity index (χ0n) is 33.8. The number of nitrogens with zero attached hydrogens (tertiary/aromatic N) is 2. The Morgan fingerprint density at radius 2 is 0.820 bits per heavy atom. The summed E-state index contributed by atoms with van der Waals surface area (Å²) in [6.45, 7) is 4.70. The molecule has 0 N–H and O–H groups in total. The molecule has 0 saturated heterocycles. The van der Waals surface area contributed by atoms with E-state index in [0.29, 0.717) is 0 Å². The molecular formula is C57H40Br2N2. The summed E-state index contributed by atoms with van der Waals surface area (Å²) in [6.07, 6.45) is 0. The molecule has 0 saturated carbocycles. The molecule has 1 aliphatic rings. The Hall–Kier alpha value is -6.46. The van der Waals surface area contributed by atoms with Gasteiger partial charge in [0.25, 0.3) is 0 Å². The molecule has 1 heterocycles. The van der Waals surface area contributed by atoms with E-state index in [2.05, 4.69) is 261 Å². The SMILES string of the molecule is CC1(C)c2ccccc2-c2ccc(N(c3ccc(-c4ccccc4)cc3)c3ccc(-c4ccc5c(c4)c4cc(-c6ccccc6)ccc4n5-c4cc(Br)cc(Br)c4)cc3)cc21. The van der Waals surface area contributed by atoms with Crippen molar-refractivity contribution in [2.75, 3.05) is 4.90 Å². The molecule has 2 nitrogen and oxygen atoms in total. The van der Waals surface area contributed by atoms with Crippen LogP contribution in [-0.2, 0) is 5.41 Å². The van der Waals surface area contributed by atoms with Crippen molar-refractivity contribution in [2.45, 2.75) is 19.3 Å². The molecule has 10 aromatic rings. The van der Waals surface area contributed by atoms with Crippen molar-refractivity contribution in [3.05, 3.63) is 226 Å². The summed E-state index contributed by atoms with van der Waals surface area (Å²) in [7, 11) is 0. The first-order valence-corrected chi connectivity index (χ1v) is 22.3. The maximum atomic E-state index is 3.75. The zero-order chi connectivity index (χ0) is 41.2. The zero-order valence-corrected chi connectivity index (χ0v) is 37.0. The van der Waals surface area contributed by atoms with Crippen LogP contribution in [0.15, 0.2) is 215 Å². The van der Waals surface area contributed by atoms with Crippen molar-refractivity contribution >= 4 is 70.7 Å². The summed E-state index contributed by atoms with van der Waals surface area (Å²) >= 11 is 7.49. The minimum absolute atomic E-state index is 0.105. The van der Waals surface area contributed by atoms with E-state index in [0.717, 1.165) is 37.2 Å². The second kappa shape index (κ2) is 14.9. The minimum atomic E-state index is -0.105. The van der Waals surface area contributed by atoms with Crippen molar-refractivity contribution in [1.82, 2.24) is 4.57 Å². The smallest absolute Gasteiger partial charge is 0.0541 e. The van der Waals surface area contributed by atoms with Gasteiger partial charge >= 0.3 is 0 Å². The molecule has 0 fully saturated rings. The van der Waals surface area contributed by atoms with Crippen LogP contribution >= 0.6 is 31.9 Å². The second-order valence-corrected chi connectivity index (χ2v) is 18.3. The Labute approximate surface area is 373 Å². The molecule has 9 aromatic carbocycles. The van der Waals surface area contributed by atoms with Gasteiger partial charge in [-0.1, -0.05) is 173 Å². The van der Waals surface area contributed by atoms with Crippen molar-refractivity contribution in [2.24, 2.45) is 0 Å². The Morgan fingerprint density at radius 1 is 0.377 bits per heavy atom. The van der Waals surface area contributed by atoms with E-state index in [1.54, 1.807) is 0 Å². The number of hydrogen-bond acceptors (Lipinski definition) is 1. The normalized spacial score (nSPS) is 12.7. The van der Waals surface area contributed by atoms with Crippen LogP contribution in [0.2, 0.25) is 0 Å². The van der Waals surface area contributed by atoms with Crippen LogP contribution in [-0.4, -0.2) is 4.57 Å². The largest absolute Gasteiger partial charge is 0.310 e. The monoisotopic (exact) mass is 910 g/mol. The van der Waals surface area contributed by atoms with Crippen LogP contribution in [0.1, 0.15) is 25.0 Å². The Kier molecular flexibility index (Phi) is 9.18. The fourth-order valence-corrected chi connectivity index (χ4v) is 10.7. The average molecular weight is 913 g/mol. The fraction of sp³-hybridized carbons (Fsp3) is 0.0526. The van der Waals surface area contributed by atoms with Crippen LogP contribution < -0.4 is 4.90 Å². The first kappa shape index (κ1) is 37.5. The molecule has 1 aromatic heterocycles. The first-order chi connectivity index (χ1) is 29.8. The Balaban J connectivity index is 1.03. The molecule has 0 amide bonds. The third kappa shape index (κ3) is 6.53. The summed E-state index contributed by atoms with van der Waals surface area (Å²) in [5.41, 5.74) is 19.2. The lowest BCUT2D eigenvalue weighted by molar-refractivity contribution is 0.660. The highest BCUT2D eigenvalue weighted by Gasteiger charge is 2.35. The number of halogens is 2. The molecule has 0 spiro atoms. The molecular weight excluding hydrogens is 872 g/mol. The standard InChI is InChI=1S/C57H40Br2N2/c1-57(2)53-16-10-9-15-49(53)50-28-27-47(36-54(50)57)60(45-23-17-39(18-24-45)37-11-5-3-6-12-37)46-25-19-40(20-26-46)42-22-30-56-52(32-42)51-31-41(38-13-7-4-8-14-38)21-29-55(51)61(56)48-34-43(58)33-44(59)35-48/h3-36H,1-2H3. The van der Waals surface area contributed by atoms with Gasteiger partial charge in [-0.15, -0.1) is 0 Å². The number of hydrogen-bond donors (Lipinski definition) is 0. The first-order valence-electron chi connectivity index (χ1n) is 20.7. The van der Waals surface area contributed by atoms with Gasteiger partial charge < -0.3 is 9.47 Å². The third-order valence-corrected chi connectivity index (χ3v) is 13.4. The molecule has 0 unspecified atom stereocenters. The summed E-state index contributed by atoms with van der Waals surface area (Å²) in [5.74, 6) is 0. The predicted octanol–water partition coefficient (Wildman–Crippen LogP) is 17.1. The lowest BCUT2D eigenvalue weighted by Gasteiger charge is -2.28. The molecule has 0 aliphatic heterocycles. The van der Waals surface area contributed by atoms with Gasteiger partial charge in [0.15, 0.2) is 0 Å². The highest BCUT2D eigenvalue weighted by molar-refractivity contribution is 9.11. The molecule has 1 aliphatic carbocycles. The van der Waals surface area contributed by atoms with Gasteiger partial charge in [0.05, 0.1) is 11.0 Å². The van der Waals surface area contributed by atoms with Crippen molar-refractivity contribution in [1.29, 1.82) is 0 Å². The molecule has 61 heavy (non-hydrogen) atoms. The topological polar surface area (TPSA) is 8.17 Å². The Morgan fingerprint density at radius 3 is 1.39 bits per heavy atom. The number of aromatic nitrogens is 1. The predicted molar refractivity (Wildman–Crippen MR) is 265 cm³/mol. The fourth-order valence-electron chi connectivity index (χ4n) is 9.47. The average Bonchev–Trinajstić information content (AvgIpc) is 3.74. The van der Waals surface area contributed by atoms with E-state index in [1.165, 1.54) is 71.9 Å². The summed E-state index contributed by atoms with van der Waals surface area (Å²) in [6, 6.07) is 75.4. The highest BCUT2D eigenvalue weighted by Crippen LogP contribution is 2.51. The maximum absolute atomic E-state index is 3.75. The molecule has 4 heteroatoms. The molecule has 0 atom stereocenters. The van der Waals surface area contributed by atoms with E-state index < -0.39 is 0 Å².